The van der Waals surface area contributed by atoms with Gasteiger partial charge in [0.2, 0.25) is 5.78 Å². The number of nitrogens with one attached hydrogen (secondary N) is 2. The number of carbonyl (C=O) groups is 1. The lowest BCUT2D eigenvalue weighted by molar-refractivity contribution is -0.109. The van der Waals surface area contributed by atoms with Crippen LogP contribution in [-0.2, 0) is 9.53 Å². The van der Waals surface area contributed by atoms with E-state index in [9.17, 15) is 4.79 Å². The lowest BCUT2D eigenvalue weighted by atomic mass is 10.1. The number of nitrogens with zero attached hydrogens (tertiary/aromatic N) is 4. The van der Waals surface area contributed by atoms with Gasteiger partial charge in [-0.3, -0.25) is 4.79 Å². The van der Waals surface area contributed by atoms with Gasteiger partial charge in [-0.25, -0.2) is 9.51 Å². The van der Waals surface area contributed by atoms with Gasteiger partial charge in [0.1, 0.15) is 23.8 Å². The molecule has 2 aromatic heterocycles. The smallest absolute Gasteiger partial charge is 0.206 e. The SMILES string of the molecule is CN(C)CCNc1nn2ccccc2c1N=C1C=C2OCCNC2=CC1=O. The second-order valence-electron chi connectivity index (χ2n) is 6.66. The Morgan fingerprint density at radius 3 is 3.11 bits per heavy atom. The third-order valence-corrected chi connectivity index (χ3v) is 4.33. The summed E-state index contributed by atoms with van der Waals surface area (Å²) < 4.78 is 7.41. The zero-order chi connectivity index (χ0) is 18.8. The molecule has 2 aromatic rings. The number of aliphatic imine (C=N–C) groups is 1. The Morgan fingerprint density at radius 1 is 1.37 bits per heavy atom. The van der Waals surface area contributed by atoms with Crippen LogP contribution in [0.5, 0.6) is 0 Å². The van der Waals surface area contributed by atoms with Gasteiger partial charge in [0.05, 0.1) is 11.2 Å². The summed E-state index contributed by atoms with van der Waals surface area (Å²) in [6.45, 7) is 2.84. The third-order valence-electron chi connectivity index (χ3n) is 4.33. The number of pyridine rings is 1. The number of ether oxygens (including phenoxy) is 1. The van der Waals surface area contributed by atoms with Crippen LogP contribution in [0.4, 0.5) is 11.5 Å². The number of rotatable bonds is 5. The van der Waals surface area contributed by atoms with Crippen molar-refractivity contribution in [3.63, 3.8) is 0 Å². The molecule has 0 spiro atoms. The summed E-state index contributed by atoms with van der Waals surface area (Å²) in [4.78, 5) is 19.3. The lowest BCUT2D eigenvalue weighted by Crippen LogP contribution is -2.31. The van der Waals surface area contributed by atoms with Gasteiger partial charge >= 0.3 is 0 Å². The monoisotopic (exact) mass is 366 g/mol. The van der Waals surface area contributed by atoms with Crippen LogP contribution in [0.3, 0.4) is 0 Å². The quantitative estimate of drug-likeness (QED) is 0.778. The zero-order valence-electron chi connectivity index (χ0n) is 15.4. The number of anilines is 1. The largest absolute Gasteiger partial charge is 0.490 e. The minimum atomic E-state index is -0.152. The molecule has 1 aliphatic heterocycles. The van der Waals surface area contributed by atoms with Crippen LogP contribution in [0.2, 0.25) is 0 Å². The van der Waals surface area contributed by atoms with Crippen LogP contribution in [0, 0.1) is 0 Å². The van der Waals surface area contributed by atoms with Gasteiger partial charge in [-0.1, -0.05) is 6.07 Å². The van der Waals surface area contributed by atoms with E-state index in [1.807, 2.05) is 38.5 Å². The summed E-state index contributed by atoms with van der Waals surface area (Å²) in [5, 5.41) is 11.1. The van der Waals surface area contributed by atoms with Crippen LogP contribution in [0.25, 0.3) is 5.52 Å². The first kappa shape index (κ1) is 17.3. The first-order chi connectivity index (χ1) is 13.1. The van der Waals surface area contributed by atoms with E-state index in [-0.39, 0.29) is 5.78 Å². The molecule has 8 heteroatoms. The molecular formula is C19H22N6O2. The van der Waals surface area contributed by atoms with Gasteiger partial charge in [0.15, 0.2) is 5.82 Å². The summed E-state index contributed by atoms with van der Waals surface area (Å²) >= 11 is 0. The molecule has 140 valence electrons. The molecule has 1 saturated heterocycles. The highest BCUT2D eigenvalue weighted by Crippen LogP contribution is 2.31. The number of aromatic nitrogens is 2. The Morgan fingerprint density at radius 2 is 2.26 bits per heavy atom. The van der Waals surface area contributed by atoms with E-state index in [4.69, 9.17) is 4.74 Å². The maximum atomic E-state index is 12.5. The van der Waals surface area contributed by atoms with E-state index in [0.29, 0.717) is 36.1 Å². The van der Waals surface area contributed by atoms with Crippen LogP contribution in [-0.4, -0.2) is 66.3 Å². The number of morpholine rings is 1. The predicted molar refractivity (Wildman–Crippen MR) is 104 cm³/mol. The number of likely N-dealkylation sites (N-methyl/N-ethyl adjacent to an activating group) is 1. The Kier molecular flexibility index (Phi) is 4.64. The van der Waals surface area contributed by atoms with Crippen LogP contribution >= 0.6 is 0 Å². The normalized spacial score (nSPS) is 18.0. The molecule has 0 saturated carbocycles. The van der Waals surface area contributed by atoms with Crippen LogP contribution in [0.15, 0.2) is 53.0 Å². The first-order valence-electron chi connectivity index (χ1n) is 8.91. The van der Waals surface area contributed by atoms with Gasteiger partial charge < -0.3 is 20.3 Å². The highest BCUT2D eigenvalue weighted by atomic mass is 16.5. The highest BCUT2D eigenvalue weighted by Gasteiger charge is 2.23. The maximum absolute atomic E-state index is 12.5. The standard InChI is InChI=1S/C19H22N6O2/c1-24(2)9-6-21-19-18(15-5-3-4-8-25(15)23-19)22-13-12-17-14(11-16(13)26)20-7-10-27-17/h3-5,8,11-12,20H,6-7,9-10H2,1-2H3,(H,21,23). The minimum absolute atomic E-state index is 0.152. The molecule has 0 bridgehead atoms. The molecule has 0 atom stereocenters. The Balaban J connectivity index is 1.72. The van der Waals surface area contributed by atoms with Crippen molar-refractivity contribution in [3.05, 3.63) is 48.0 Å². The van der Waals surface area contributed by atoms with Gasteiger partial charge in [-0.15, -0.1) is 5.10 Å². The van der Waals surface area contributed by atoms with E-state index in [1.54, 1.807) is 10.6 Å². The fraction of sp³-hybridized carbons (Fsp3) is 0.316. The average molecular weight is 366 g/mol. The number of fused-ring (bicyclic) bond motifs is 2. The fourth-order valence-electron chi connectivity index (χ4n) is 2.97. The molecule has 2 aliphatic rings. The Labute approximate surface area is 157 Å². The number of carbonyl (C=O) groups excluding carboxylic acids is 1. The molecule has 1 aliphatic carbocycles. The number of ketones is 1. The molecular weight excluding hydrogens is 344 g/mol. The zero-order valence-corrected chi connectivity index (χ0v) is 15.4. The summed E-state index contributed by atoms with van der Waals surface area (Å²) in [6.07, 6.45) is 5.10. The third kappa shape index (κ3) is 3.56. The molecule has 27 heavy (non-hydrogen) atoms. The number of allylic oxidation sites excluding steroid dienone is 2. The van der Waals surface area contributed by atoms with Crippen LogP contribution < -0.4 is 10.6 Å². The molecule has 4 rings (SSSR count). The van der Waals surface area contributed by atoms with Crippen LogP contribution in [0.1, 0.15) is 0 Å². The summed E-state index contributed by atoms with van der Waals surface area (Å²) in [5.41, 5.74) is 2.54. The van der Waals surface area contributed by atoms with Crippen molar-refractivity contribution in [2.45, 2.75) is 0 Å². The maximum Gasteiger partial charge on any atom is 0.206 e. The molecule has 3 heterocycles. The lowest BCUT2D eigenvalue weighted by Gasteiger charge is -2.23. The topological polar surface area (TPSA) is 83.3 Å². The van der Waals surface area contributed by atoms with E-state index in [2.05, 4.69) is 25.6 Å². The van der Waals surface area contributed by atoms with Crippen molar-refractivity contribution in [2.75, 3.05) is 45.7 Å². The average Bonchev–Trinajstić information content (AvgIpc) is 2.99. The Bertz CT molecular complexity index is 970. The molecule has 2 N–H and O–H groups in total. The second-order valence-corrected chi connectivity index (χ2v) is 6.66. The van der Waals surface area contributed by atoms with Gasteiger partial charge in [-0.05, 0) is 26.2 Å². The predicted octanol–water partition coefficient (Wildman–Crippen LogP) is 1.35. The summed E-state index contributed by atoms with van der Waals surface area (Å²) in [5.74, 6) is 1.15. The van der Waals surface area contributed by atoms with Gasteiger partial charge in [-0.2, -0.15) is 0 Å². The summed E-state index contributed by atoms with van der Waals surface area (Å²) in [6, 6.07) is 5.77. The van der Waals surface area contributed by atoms with E-state index in [0.717, 1.165) is 24.3 Å². The Hall–Kier alpha value is -3.13. The number of hydrogen-bond acceptors (Lipinski definition) is 7. The van der Waals surface area contributed by atoms with Crippen molar-refractivity contribution >= 4 is 28.5 Å². The van der Waals surface area contributed by atoms with Gasteiger partial charge in [0.25, 0.3) is 0 Å². The highest BCUT2D eigenvalue weighted by molar-refractivity contribution is 6.49. The van der Waals surface area contributed by atoms with E-state index >= 15 is 0 Å². The van der Waals surface area contributed by atoms with Crippen molar-refractivity contribution in [2.24, 2.45) is 4.99 Å². The molecule has 0 radical (unpaired) electrons. The van der Waals surface area contributed by atoms with Crippen molar-refractivity contribution < 1.29 is 9.53 Å². The molecule has 1 fully saturated rings. The molecule has 8 nitrogen and oxygen atoms in total. The fourth-order valence-corrected chi connectivity index (χ4v) is 2.97. The molecule has 0 unspecified atom stereocenters. The first-order valence-corrected chi connectivity index (χ1v) is 8.91. The molecule has 0 amide bonds. The van der Waals surface area contributed by atoms with E-state index in [1.165, 1.54) is 6.08 Å². The minimum Gasteiger partial charge on any atom is -0.490 e. The van der Waals surface area contributed by atoms with Crippen molar-refractivity contribution in [3.8, 4) is 0 Å². The van der Waals surface area contributed by atoms with Crippen molar-refractivity contribution in [1.29, 1.82) is 0 Å². The number of hydrogen-bond donors (Lipinski definition) is 2. The summed E-state index contributed by atoms with van der Waals surface area (Å²) in [7, 11) is 4.03. The van der Waals surface area contributed by atoms with Gasteiger partial charge in [0, 0.05) is 38.0 Å². The van der Waals surface area contributed by atoms with Crippen molar-refractivity contribution in [1.82, 2.24) is 19.8 Å². The second kappa shape index (κ2) is 7.24. The van der Waals surface area contributed by atoms with E-state index < -0.39 is 0 Å². The molecule has 0 aromatic carbocycles.